The zero-order chi connectivity index (χ0) is 22.2. The minimum atomic E-state index is -0.517. The van der Waals surface area contributed by atoms with Gasteiger partial charge in [0, 0.05) is 17.2 Å². The Bertz CT molecular complexity index is 1300. The summed E-state index contributed by atoms with van der Waals surface area (Å²) in [5.41, 5.74) is 8.14. The van der Waals surface area contributed by atoms with Gasteiger partial charge in [0.15, 0.2) is 11.5 Å². The van der Waals surface area contributed by atoms with Crippen molar-refractivity contribution >= 4 is 11.6 Å². The fourth-order valence-corrected chi connectivity index (χ4v) is 4.02. The topological polar surface area (TPSA) is 86.7 Å². The van der Waals surface area contributed by atoms with Crippen LogP contribution in [0, 0.1) is 17.1 Å². The Morgan fingerprint density at radius 1 is 1.09 bits per heavy atom. The number of nitriles is 1. The Hall–Kier alpha value is -3.89. The lowest BCUT2D eigenvalue weighted by Gasteiger charge is -2.27. The van der Waals surface area contributed by atoms with Crippen LogP contribution in [0.3, 0.4) is 0 Å². The highest BCUT2D eigenvalue weighted by Crippen LogP contribution is 2.48. The van der Waals surface area contributed by atoms with Crippen molar-refractivity contribution in [3.8, 4) is 29.1 Å². The molecule has 0 unspecified atom stereocenters. The van der Waals surface area contributed by atoms with Crippen molar-refractivity contribution in [2.45, 2.75) is 12.5 Å². The van der Waals surface area contributed by atoms with Crippen LogP contribution in [0.2, 0.25) is 5.02 Å². The first-order valence-electron chi connectivity index (χ1n) is 9.72. The SMILES string of the molecule is N#CC1=C(N)Oc2cc3c(cc2[C@@H]1c1ccc(OCc2ccccc2F)c(Cl)c1)OCO3. The highest BCUT2D eigenvalue weighted by atomic mass is 35.5. The molecule has 2 aliphatic rings. The van der Waals surface area contributed by atoms with E-state index in [9.17, 15) is 9.65 Å². The molecule has 3 aromatic rings. The largest absolute Gasteiger partial charge is 0.487 e. The van der Waals surface area contributed by atoms with Crippen LogP contribution in [-0.2, 0) is 6.61 Å². The average Bonchev–Trinajstić information content (AvgIpc) is 3.24. The van der Waals surface area contributed by atoms with Gasteiger partial charge in [-0.3, -0.25) is 0 Å². The maximum atomic E-state index is 13.9. The number of nitrogens with two attached hydrogens (primary N) is 1. The minimum absolute atomic E-state index is 0.0138. The van der Waals surface area contributed by atoms with Crippen LogP contribution in [0.25, 0.3) is 0 Å². The van der Waals surface area contributed by atoms with Gasteiger partial charge >= 0.3 is 0 Å². The van der Waals surface area contributed by atoms with E-state index in [2.05, 4.69) is 6.07 Å². The third-order valence-corrected chi connectivity index (χ3v) is 5.64. The zero-order valence-corrected chi connectivity index (χ0v) is 17.4. The first-order chi connectivity index (χ1) is 15.5. The monoisotopic (exact) mass is 450 g/mol. The Labute approximate surface area is 188 Å². The second kappa shape index (κ2) is 7.98. The summed E-state index contributed by atoms with van der Waals surface area (Å²) in [7, 11) is 0. The van der Waals surface area contributed by atoms with E-state index in [0.29, 0.717) is 39.1 Å². The number of halogens is 2. The van der Waals surface area contributed by atoms with Crippen LogP contribution >= 0.6 is 11.6 Å². The van der Waals surface area contributed by atoms with Crippen LogP contribution in [0.15, 0.2) is 66.1 Å². The summed E-state index contributed by atoms with van der Waals surface area (Å²) in [5, 5.41) is 10.1. The second-order valence-electron chi connectivity index (χ2n) is 7.24. The average molecular weight is 451 g/mol. The Kier molecular flexibility index (Phi) is 5.00. The van der Waals surface area contributed by atoms with E-state index < -0.39 is 5.92 Å². The van der Waals surface area contributed by atoms with Gasteiger partial charge in [0.1, 0.15) is 35.6 Å². The Morgan fingerprint density at radius 2 is 1.88 bits per heavy atom. The number of fused-ring (bicyclic) bond motifs is 2. The summed E-state index contributed by atoms with van der Waals surface area (Å²) in [6.45, 7) is 0.141. The second-order valence-corrected chi connectivity index (χ2v) is 7.65. The zero-order valence-electron chi connectivity index (χ0n) is 16.6. The smallest absolute Gasteiger partial charge is 0.231 e. The maximum absolute atomic E-state index is 13.9. The van der Waals surface area contributed by atoms with Gasteiger partial charge in [0.2, 0.25) is 12.7 Å². The van der Waals surface area contributed by atoms with Gasteiger partial charge in [-0.25, -0.2) is 4.39 Å². The summed E-state index contributed by atoms with van der Waals surface area (Å²) in [5.74, 6) is 1.13. The van der Waals surface area contributed by atoms with Crippen LogP contribution in [0.5, 0.6) is 23.0 Å². The van der Waals surface area contributed by atoms with Gasteiger partial charge in [0.05, 0.1) is 10.9 Å². The number of hydrogen-bond donors (Lipinski definition) is 1. The van der Waals surface area contributed by atoms with E-state index in [1.807, 2.05) is 0 Å². The van der Waals surface area contributed by atoms with Crippen LogP contribution < -0.4 is 24.7 Å². The summed E-state index contributed by atoms with van der Waals surface area (Å²) in [6.07, 6.45) is 0. The lowest BCUT2D eigenvalue weighted by Crippen LogP contribution is -2.21. The van der Waals surface area contributed by atoms with E-state index in [4.69, 9.17) is 36.3 Å². The van der Waals surface area contributed by atoms with E-state index in [0.717, 1.165) is 5.56 Å². The van der Waals surface area contributed by atoms with Crippen LogP contribution in [0.4, 0.5) is 4.39 Å². The van der Waals surface area contributed by atoms with Crippen molar-refractivity contribution in [2.24, 2.45) is 5.73 Å². The number of nitrogens with zero attached hydrogens (tertiary/aromatic N) is 1. The van der Waals surface area contributed by atoms with Crippen molar-refractivity contribution in [3.63, 3.8) is 0 Å². The standard InChI is InChI=1S/C24H16ClFN2O4/c25-17-7-13(5-6-19(17)29-11-14-3-1-2-4-18(14)26)23-15-8-21-22(31-12-30-21)9-20(15)32-24(28)16(23)10-27/h1-9,23H,11-12,28H2/t23-/m0/s1. The molecule has 160 valence electrons. The van der Waals surface area contributed by atoms with Crippen molar-refractivity contribution in [1.29, 1.82) is 5.26 Å². The van der Waals surface area contributed by atoms with Gasteiger partial charge in [0.25, 0.3) is 0 Å². The molecule has 0 spiro atoms. The molecule has 2 N–H and O–H groups in total. The summed E-state index contributed by atoms with van der Waals surface area (Å²) in [4.78, 5) is 0. The predicted molar refractivity (Wildman–Crippen MR) is 114 cm³/mol. The van der Waals surface area contributed by atoms with Crippen molar-refractivity contribution in [1.82, 2.24) is 0 Å². The molecule has 6 nitrogen and oxygen atoms in total. The summed E-state index contributed by atoms with van der Waals surface area (Å²) < 4.78 is 36.1. The van der Waals surface area contributed by atoms with E-state index in [1.165, 1.54) is 6.07 Å². The normalized spacial score (nSPS) is 16.2. The highest BCUT2D eigenvalue weighted by molar-refractivity contribution is 6.32. The van der Waals surface area contributed by atoms with Crippen LogP contribution in [0.1, 0.15) is 22.6 Å². The number of benzene rings is 3. The first-order valence-corrected chi connectivity index (χ1v) is 10.1. The molecular weight excluding hydrogens is 435 g/mol. The molecule has 0 saturated carbocycles. The number of hydrogen-bond acceptors (Lipinski definition) is 6. The third kappa shape index (κ3) is 3.45. The van der Waals surface area contributed by atoms with Crippen molar-refractivity contribution in [2.75, 3.05) is 6.79 Å². The molecule has 0 fully saturated rings. The molecule has 0 aromatic heterocycles. The molecule has 5 rings (SSSR count). The Balaban J connectivity index is 1.49. The number of rotatable bonds is 4. The molecule has 0 saturated heterocycles. The molecule has 0 radical (unpaired) electrons. The predicted octanol–water partition coefficient (Wildman–Crippen LogP) is 5.00. The van der Waals surface area contributed by atoms with Gasteiger partial charge in [-0.2, -0.15) is 5.26 Å². The highest BCUT2D eigenvalue weighted by Gasteiger charge is 2.33. The molecule has 32 heavy (non-hydrogen) atoms. The quantitative estimate of drug-likeness (QED) is 0.601. The van der Waals surface area contributed by atoms with Crippen molar-refractivity contribution in [3.05, 3.63) is 93.6 Å². The molecule has 0 bridgehead atoms. The minimum Gasteiger partial charge on any atom is -0.487 e. The van der Waals surface area contributed by atoms with Gasteiger partial charge in [-0.15, -0.1) is 0 Å². The Morgan fingerprint density at radius 3 is 2.62 bits per heavy atom. The van der Waals surface area contributed by atoms with Gasteiger partial charge in [-0.1, -0.05) is 35.9 Å². The summed E-state index contributed by atoms with van der Waals surface area (Å²) >= 11 is 6.48. The maximum Gasteiger partial charge on any atom is 0.231 e. The molecular formula is C24H16ClFN2O4. The third-order valence-electron chi connectivity index (χ3n) is 5.34. The summed E-state index contributed by atoms with van der Waals surface area (Å²) in [6, 6.07) is 17.2. The van der Waals surface area contributed by atoms with Gasteiger partial charge < -0.3 is 24.7 Å². The number of ether oxygens (including phenoxy) is 4. The van der Waals surface area contributed by atoms with Crippen molar-refractivity contribution < 1.29 is 23.3 Å². The van der Waals surface area contributed by atoms with Gasteiger partial charge in [-0.05, 0) is 29.8 Å². The fraction of sp³-hybridized carbons (Fsp3) is 0.125. The van der Waals surface area contributed by atoms with E-state index in [1.54, 1.807) is 48.5 Å². The molecule has 2 aliphatic heterocycles. The lowest BCUT2D eigenvalue weighted by molar-refractivity contribution is 0.174. The number of allylic oxidation sites excluding steroid dienone is 1. The van der Waals surface area contributed by atoms with E-state index in [-0.39, 0.29) is 30.7 Å². The molecule has 0 amide bonds. The molecule has 1 atom stereocenters. The van der Waals surface area contributed by atoms with Crippen LogP contribution in [-0.4, -0.2) is 6.79 Å². The first kappa shape index (κ1) is 20.0. The molecule has 3 aromatic carbocycles. The molecule has 2 heterocycles. The molecule has 8 heteroatoms. The fourth-order valence-electron chi connectivity index (χ4n) is 3.77. The van der Waals surface area contributed by atoms with E-state index >= 15 is 0 Å². The molecule has 0 aliphatic carbocycles. The lowest BCUT2D eigenvalue weighted by atomic mass is 9.83.